The Labute approximate surface area is 90.1 Å². The quantitative estimate of drug-likeness (QED) is 0.516. The third-order valence-electron chi connectivity index (χ3n) is 1.42. The first-order valence-electron chi connectivity index (χ1n) is 3.25. The van der Waals surface area contributed by atoms with E-state index in [4.69, 9.17) is 5.11 Å². The van der Waals surface area contributed by atoms with Crippen LogP contribution in [0, 0.1) is 13.7 Å². The molecule has 1 aromatic heterocycles. The van der Waals surface area contributed by atoms with Crippen LogP contribution in [-0.4, -0.2) is 15.0 Å². The summed E-state index contributed by atoms with van der Waals surface area (Å²) in [6.07, 6.45) is -2.05. The van der Waals surface area contributed by atoms with Crippen LogP contribution in [0.5, 0.6) is 5.75 Å². The maximum atomic E-state index is 12.3. The molecule has 0 aromatic carbocycles. The van der Waals surface area contributed by atoms with E-state index in [1.54, 1.807) is 0 Å². The SMILES string of the molecule is O=[N+]([O-])c1ncc(I)c(C(F)F)c1O. The summed E-state index contributed by atoms with van der Waals surface area (Å²) in [7, 11) is 0. The summed E-state index contributed by atoms with van der Waals surface area (Å²) in [4.78, 5) is 12.5. The van der Waals surface area contributed by atoms with Crippen LogP contribution in [-0.2, 0) is 0 Å². The highest BCUT2D eigenvalue weighted by molar-refractivity contribution is 14.1. The van der Waals surface area contributed by atoms with E-state index >= 15 is 0 Å². The number of rotatable bonds is 2. The van der Waals surface area contributed by atoms with Gasteiger partial charge in [-0.25, -0.2) is 8.78 Å². The first-order chi connectivity index (χ1) is 6.45. The number of halogens is 3. The molecule has 0 spiro atoms. The maximum Gasteiger partial charge on any atom is 0.406 e. The molecule has 0 aliphatic carbocycles. The summed E-state index contributed by atoms with van der Waals surface area (Å²) in [6, 6.07) is 0. The van der Waals surface area contributed by atoms with Crippen LogP contribution in [0.15, 0.2) is 6.20 Å². The molecule has 1 N–H and O–H groups in total. The normalized spacial score (nSPS) is 10.6. The second kappa shape index (κ2) is 3.98. The van der Waals surface area contributed by atoms with Crippen molar-refractivity contribution < 1.29 is 18.8 Å². The van der Waals surface area contributed by atoms with Crippen molar-refractivity contribution in [3.63, 3.8) is 0 Å². The average Bonchev–Trinajstić information content (AvgIpc) is 2.02. The lowest BCUT2D eigenvalue weighted by Gasteiger charge is -2.04. The van der Waals surface area contributed by atoms with Gasteiger partial charge < -0.3 is 15.2 Å². The van der Waals surface area contributed by atoms with E-state index in [2.05, 4.69) is 4.98 Å². The fourth-order valence-electron chi connectivity index (χ4n) is 0.823. The maximum absolute atomic E-state index is 12.3. The van der Waals surface area contributed by atoms with Crippen LogP contribution in [0.4, 0.5) is 14.6 Å². The first-order valence-corrected chi connectivity index (χ1v) is 4.33. The highest BCUT2D eigenvalue weighted by atomic mass is 127. The Bertz CT molecular complexity index is 386. The minimum absolute atomic E-state index is 0.0132. The largest absolute Gasteiger partial charge is 0.501 e. The van der Waals surface area contributed by atoms with E-state index in [0.717, 1.165) is 6.20 Å². The van der Waals surface area contributed by atoms with E-state index in [0.29, 0.717) is 0 Å². The number of aromatic nitrogens is 1. The summed E-state index contributed by atoms with van der Waals surface area (Å²) in [5, 5.41) is 19.4. The van der Waals surface area contributed by atoms with Gasteiger partial charge in [0.2, 0.25) is 5.75 Å². The molecule has 0 amide bonds. The highest BCUT2D eigenvalue weighted by Gasteiger charge is 2.26. The Morgan fingerprint density at radius 1 is 1.64 bits per heavy atom. The van der Waals surface area contributed by atoms with Gasteiger partial charge in [-0.15, -0.1) is 0 Å². The van der Waals surface area contributed by atoms with Crippen molar-refractivity contribution in [1.82, 2.24) is 4.98 Å². The second-order valence-electron chi connectivity index (χ2n) is 2.25. The van der Waals surface area contributed by atoms with E-state index in [9.17, 15) is 18.9 Å². The van der Waals surface area contributed by atoms with Crippen molar-refractivity contribution >= 4 is 28.4 Å². The van der Waals surface area contributed by atoms with Gasteiger partial charge in [-0.1, -0.05) is 0 Å². The molecule has 14 heavy (non-hydrogen) atoms. The van der Waals surface area contributed by atoms with Crippen LogP contribution in [0.3, 0.4) is 0 Å². The number of aromatic hydroxyl groups is 1. The summed E-state index contributed by atoms with van der Waals surface area (Å²) in [5.74, 6) is -2.03. The fraction of sp³-hybridized carbons (Fsp3) is 0.167. The molecule has 1 aromatic rings. The molecular weight excluding hydrogens is 313 g/mol. The Kier molecular flexibility index (Phi) is 3.13. The number of pyridine rings is 1. The molecule has 0 saturated heterocycles. The zero-order valence-electron chi connectivity index (χ0n) is 6.45. The standard InChI is InChI=1S/C6H3F2IN2O3/c7-5(8)3-2(9)1-10-6(4(3)12)11(13)14/h1,5,12H. The molecular formula is C6H3F2IN2O3. The molecule has 1 rings (SSSR count). The Morgan fingerprint density at radius 3 is 2.64 bits per heavy atom. The zero-order chi connectivity index (χ0) is 10.9. The fourth-order valence-corrected chi connectivity index (χ4v) is 1.45. The number of hydrogen-bond acceptors (Lipinski definition) is 4. The summed E-state index contributed by atoms with van der Waals surface area (Å²) >= 11 is 1.52. The lowest BCUT2D eigenvalue weighted by Crippen LogP contribution is -1.98. The van der Waals surface area contributed by atoms with Crippen molar-refractivity contribution in [2.45, 2.75) is 6.43 Å². The topological polar surface area (TPSA) is 76.3 Å². The number of hydrogen-bond donors (Lipinski definition) is 1. The van der Waals surface area contributed by atoms with Crippen LogP contribution >= 0.6 is 22.6 Å². The summed E-state index contributed by atoms with van der Waals surface area (Å²) in [5.41, 5.74) is -0.757. The van der Waals surface area contributed by atoms with Crippen LogP contribution in [0.25, 0.3) is 0 Å². The molecule has 0 aliphatic rings. The van der Waals surface area contributed by atoms with Crippen molar-refractivity contribution in [2.75, 3.05) is 0 Å². The Balaban J connectivity index is 3.41. The Hall–Kier alpha value is -1.06. The molecule has 0 bridgehead atoms. The highest BCUT2D eigenvalue weighted by Crippen LogP contribution is 2.36. The van der Waals surface area contributed by atoms with Gasteiger partial charge in [0.25, 0.3) is 6.43 Å². The number of nitrogens with zero attached hydrogens (tertiary/aromatic N) is 2. The molecule has 0 fully saturated rings. The molecule has 0 radical (unpaired) electrons. The molecule has 0 saturated carbocycles. The van der Waals surface area contributed by atoms with Gasteiger partial charge in [-0.3, -0.25) is 0 Å². The number of alkyl halides is 2. The van der Waals surface area contributed by atoms with Crippen LogP contribution in [0.2, 0.25) is 0 Å². The monoisotopic (exact) mass is 316 g/mol. The van der Waals surface area contributed by atoms with E-state index in [1.807, 2.05) is 0 Å². The average molecular weight is 316 g/mol. The lowest BCUT2D eigenvalue weighted by atomic mass is 10.2. The lowest BCUT2D eigenvalue weighted by molar-refractivity contribution is -0.390. The van der Waals surface area contributed by atoms with Crippen molar-refractivity contribution in [3.05, 3.63) is 25.4 Å². The minimum atomic E-state index is -2.97. The molecule has 76 valence electrons. The molecule has 1 heterocycles. The predicted molar refractivity (Wildman–Crippen MR) is 50.2 cm³/mol. The van der Waals surface area contributed by atoms with Gasteiger partial charge in [0.15, 0.2) is 6.20 Å². The smallest absolute Gasteiger partial charge is 0.406 e. The molecule has 0 aliphatic heterocycles. The first kappa shape index (κ1) is 11.0. The van der Waals surface area contributed by atoms with E-state index in [1.165, 1.54) is 22.6 Å². The van der Waals surface area contributed by atoms with Gasteiger partial charge in [-0.2, -0.15) is 0 Å². The van der Waals surface area contributed by atoms with Crippen LogP contribution in [0.1, 0.15) is 12.0 Å². The molecule has 8 heteroatoms. The predicted octanol–water partition coefficient (Wildman–Crippen LogP) is 2.24. The van der Waals surface area contributed by atoms with Gasteiger partial charge in [0.05, 0.1) is 9.13 Å². The van der Waals surface area contributed by atoms with Crippen LogP contribution < -0.4 is 0 Å². The third-order valence-corrected chi connectivity index (χ3v) is 2.28. The van der Waals surface area contributed by atoms with E-state index < -0.39 is 28.5 Å². The minimum Gasteiger partial charge on any atom is -0.501 e. The van der Waals surface area contributed by atoms with Crippen molar-refractivity contribution in [2.24, 2.45) is 0 Å². The Morgan fingerprint density at radius 2 is 2.21 bits per heavy atom. The van der Waals surface area contributed by atoms with E-state index in [-0.39, 0.29) is 3.57 Å². The second-order valence-corrected chi connectivity index (χ2v) is 3.41. The number of nitro groups is 1. The van der Waals surface area contributed by atoms with Gasteiger partial charge in [-0.05, 0) is 32.5 Å². The third kappa shape index (κ3) is 1.89. The molecule has 0 unspecified atom stereocenters. The molecule has 0 atom stereocenters. The van der Waals surface area contributed by atoms with Crippen molar-refractivity contribution in [1.29, 1.82) is 0 Å². The summed E-state index contributed by atoms with van der Waals surface area (Å²) < 4.78 is 24.6. The van der Waals surface area contributed by atoms with Gasteiger partial charge >= 0.3 is 5.82 Å². The summed E-state index contributed by atoms with van der Waals surface area (Å²) in [6.45, 7) is 0. The molecule has 5 nitrogen and oxygen atoms in total. The van der Waals surface area contributed by atoms with Crippen molar-refractivity contribution in [3.8, 4) is 5.75 Å². The van der Waals surface area contributed by atoms with Gasteiger partial charge in [0, 0.05) is 0 Å². The van der Waals surface area contributed by atoms with Gasteiger partial charge in [0.1, 0.15) is 0 Å². The zero-order valence-corrected chi connectivity index (χ0v) is 8.60.